The summed E-state index contributed by atoms with van der Waals surface area (Å²) in [7, 11) is 1.80. The van der Waals surface area contributed by atoms with Crippen LogP contribution in [0.3, 0.4) is 0 Å². The number of hydrogen-bond donors (Lipinski definition) is 1. The lowest BCUT2D eigenvalue weighted by Gasteiger charge is -2.29. The number of halogens is 1. The summed E-state index contributed by atoms with van der Waals surface area (Å²) in [5.74, 6) is 0.0565. The zero-order valence-corrected chi connectivity index (χ0v) is 13.4. The second-order valence-electron chi connectivity index (χ2n) is 4.79. The van der Waals surface area contributed by atoms with Crippen LogP contribution in [0.2, 0.25) is 5.02 Å². The summed E-state index contributed by atoms with van der Waals surface area (Å²) in [4.78, 5) is 15.7. The number of thiocarbonyl (C=S) groups is 1. The molecule has 1 saturated heterocycles. The van der Waals surface area contributed by atoms with Crippen LogP contribution in [0.4, 0.5) is 5.69 Å². The van der Waals surface area contributed by atoms with Crippen molar-refractivity contribution in [1.29, 1.82) is 0 Å². The molecule has 0 aliphatic carbocycles. The molecule has 0 unspecified atom stereocenters. The highest BCUT2D eigenvalue weighted by atomic mass is 35.5. The third-order valence-corrected chi connectivity index (χ3v) is 3.84. The summed E-state index contributed by atoms with van der Waals surface area (Å²) in [5.41, 5.74) is 0.843. The number of anilines is 1. The largest absolute Gasteiger partial charge is 0.378 e. The smallest absolute Gasteiger partial charge is 0.242 e. The number of hydrogen-bond acceptors (Lipinski definition) is 3. The molecule has 0 spiro atoms. The van der Waals surface area contributed by atoms with Gasteiger partial charge in [0, 0.05) is 30.8 Å². The number of rotatable bonds is 3. The van der Waals surface area contributed by atoms with Crippen molar-refractivity contribution in [2.45, 2.75) is 0 Å². The third-order valence-electron chi connectivity index (χ3n) is 3.18. The zero-order chi connectivity index (χ0) is 15.2. The van der Waals surface area contributed by atoms with E-state index >= 15 is 0 Å². The first kappa shape index (κ1) is 16.0. The van der Waals surface area contributed by atoms with Crippen molar-refractivity contribution in [3.8, 4) is 0 Å². The fourth-order valence-electron chi connectivity index (χ4n) is 1.94. The summed E-state index contributed by atoms with van der Waals surface area (Å²) < 4.78 is 5.23. The molecule has 1 N–H and O–H groups in total. The monoisotopic (exact) mass is 327 g/mol. The molecule has 2 rings (SSSR count). The van der Waals surface area contributed by atoms with Crippen molar-refractivity contribution < 1.29 is 9.53 Å². The van der Waals surface area contributed by atoms with Crippen molar-refractivity contribution in [1.82, 2.24) is 9.80 Å². The van der Waals surface area contributed by atoms with E-state index in [4.69, 9.17) is 28.6 Å². The fourth-order valence-corrected chi connectivity index (χ4v) is 2.25. The number of benzene rings is 1. The molecule has 0 aromatic heterocycles. The highest BCUT2D eigenvalue weighted by molar-refractivity contribution is 7.80. The molecule has 1 heterocycles. The van der Waals surface area contributed by atoms with Crippen LogP contribution in [0.25, 0.3) is 0 Å². The lowest BCUT2D eigenvalue weighted by atomic mass is 10.3. The van der Waals surface area contributed by atoms with Gasteiger partial charge in [0.1, 0.15) is 0 Å². The molecule has 7 heteroatoms. The van der Waals surface area contributed by atoms with Gasteiger partial charge in [0.15, 0.2) is 5.11 Å². The van der Waals surface area contributed by atoms with Gasteiger partial charge in [-0.3, -0.25) is 4.79 Å². The lowest BCUT2D eigenvalue weighted by Crippen LogP contribution is -2.46. The van der Waals surface area contributed by atoms with Gasteiger partial charge in [0.25, 0.3) is 0 Å². The summed E-state index contributed by atoms with van der Waals surface area (Å²) >= 11 is 11.1. The Hall–Kier alpha value is -1.37. The Kier molecular flexibility index (Phi) is 5.78. The van der Waals surface area contributed by atoms with Crippen molar-refractivity contribution in [2.75, 3.05) is 45.2 Å². The summed E-state index contributed by atoms with van der Waals surface area (Å²) in [6.07, 6.45) is 0. The minimum atomic E-state index is 0.0565. The molecule has 114 valence electrons. The van der Waals surface area contributed by atoms with E-state index in [0.29, 0.717) is 36.4 Å². The average molecular weight is 328 g/mol. The zero-order valence-electron chi connectivity index (χ0n) is 11.8. The van der Waals surface area contributed by atoms with E-state index in [-0.39, 0.29) is 12.5 Å². The number of likely N-dealkylation sites (N-methyl/N-ethyl adjacent to an activating group) is 1. The maximum absolute atomic E-state index is 12.1. The lowest BCUT2D eigenvalue weighted by molar-refractivity contribution is -0.135. The first-order chi connectivity index (χ1) is 10.1. The number of nitrogens with one attached hydrogen (secondary N) is 1. The van der Waals surface area contributed by atoms with E-state index in [1.165, 1.54) is 0 Å². The second kappa shape index (κ2) is 7.59. The van der Waals surface area contributed by atoms with Gasteiger partial charge in [-0.2, -0.15) is 0 Å². The standard InChI is InChI=1S/C14H18ClN3O2S/c1-17(10-13(19)18-6-8-20-9-7-18)14(21)16-12-4-2-11(15)3-5-12/h2-5H,6-10H2,1H3,(H,16,21). The predicted octanol–water partition coefficient (Wildman–Crippen LogP) is 1.83. The van der Waals surface area contributed by atoms with Gasteiger partial charge in [-0.25, -0.2) is 0 Å². The Morgan fingerprint density at radius 2 is 2.00 bits per heavy atom. The highest BCUT2D eigenvalue weighted by Gasteiger charge is 2.19. The Morgan fingerprint density at radius 1 is 1.38 bits per heavy atom. The van der Waals surface area contributed by atoms with E-state index in [9.17, 15) is 4.79 Å². The number of nitrogens with zero attached hydrogens (tertiary/aromatic N) is 2. The molecule has 1 fully saturated rings. The number of morpholine rings is 1. The average Bonchev–Trinajstić information content (AvgIpc) is 2.50. The SMILES string of the molecule is CN(CC(=O)N1CCOCC1)C(=S)Nc1ccc(Cl)cc1. The van der Waals surface area contributed by atoms with Crippen LogP contribution in [0, 0.1) is 0 Å². The first-order valence-corrected chi connectivity index (χ1v) is 7.48. The topological polar surface area (TPSA) is 44.8 Å². The van der Waals surface area contributed by atoms with Gasteiger partial charge in [-0.15, -0.1) is 0 Å². The van der Waals surface area contributed by atoms with Crippen molar-refractivity contribution in [3.05, 3.63) is 29.3 Å². The normalized spacial score (nSPS) is 14.7. The maximum Gasteiger partial charge on any atom is 0.242 e. The van der Waals surface area contributed by atoms with Crippen LogP contribution in [0.5, 0.6) is 0 Å². The van der Waals surface area contributed by atoms with E-state index in [1.807, 2.05) is 12.1 Å². The van der Waals surface area contributed by atoms with Crippen LogP contribution < -0.4 is 5.32 Å². The molecule has 0 bridgehead atoms. The number of carbonyl (C=O) groups is 1. The van der Waals surface area contributed by atoms with Crippen LogP contribution in [0.15, 0.2) is 24.3 Å². The Balaban J connectivity index is 1.84. The molecule has 1 aromatic rings. The number of ether oxygens (including phenoxy) is 1. The van der Waals surface area contributed by atoms with Gasteiger partial charge in [-0.1, -0.05) is 11.6 Å². The fraction of sp³-hybridized carbons (Fsp3) is 0.429. The van der Waals surface area contributed by atoms with Crippen LogP contribution in [-0.2, 0) is 9.53 Å². The molecular weight excluding hydrogens is 310 g/mol. The summed E-state index contributed by atoms with van der Waals surface area (Å²) in [6.45, 7) is 2.74. The Bertz CT molecular complexity index is 503. The number of amides is 1. The molecule has 0 saturated carbocycles. The first-order valence-electron chi connectivity index (χ1n) is 6.69. The van der Waals surface area contributed by atoms with Gasteiger partial charge >= 0.3 is 0 Å². The minimum Gasteiger partial charge on any atom is -0.378 e. The molecule has 0 atom stereocenters. The molecule has 1 amide bonds. The molecular formula is C14H18ClN3O2S. The van der Waals surface area contributed by atoms with Crippen LogP contribution >= 0.6 is 23.8 Å². The summed E-state index contributed by atoms with van der Waals surface area (Å²) in [6, 6.07) is 7.25. The Labute approximate surface area is 134 Å². The highest BCUT2D eigenvalue weighted by Crippen LogP contribution is 2.13. The van der Waals surface area contributed by atoms with Crippen LogP contribution in [0.1, 0.15) is 0 Å². The molecule has 0 radical (unpaired) electrons. The van der Waals surface area contributed by atoms with Crippen molar-refractivity contribution >= 4 is 40.5 Å². The molecule has 1 aliphatic heterocycles. The molecule has 1 aromatic carbocycles. The van der Waals surface area contributed by atoms with Crippen LogP contribution in [-0.4, -0.2) is 60.7 Å². The third kappa shape index (κ3) is 4.84. The van der Waals surface area contributed by atoms with E-state index < -0.39 is 0 Å². The van der Waals surface area contributed by atoms with Crippen molar-refractivity contribution in [3.63, 3.8) is 0 Å². The summed E-state index contributed by atoms with van der Waals surface area (Å²) in [5, 5.41) is 4.25. The van der Waals surface area contributed by atoms with Crippen molar-refractivity contribution in [2.24, 2.45) is 0 Å². The molecule has 5 nitrogen and oxygen atoms in total. The minimum absolute atomic E-state index is 0.0565. The maximum atomic E-state index is 12.1. The van der Waals surface area contributed by atoms with Gasteiger partial charge in [-0.05, 0) is 36.5 Å². The van der Waals surface area contributed by atoms with Gasteiger partial charge in [0.05, 0.1) is 19.8 Å². The number of carbonyl (C=O) groups excluding carboxylic acids is 1. The quantitative estimate of drug-likeness (QED) is 0.858. The van der Waals surface area contributed by atoms with Gasteiger partial charge < -0.3 is 19.9 Å². The molecule has 21 heavy (non-hydrogen) atoms. The predicted molar refractivity (Wildman–Crippen MR) is 87.7 cm³/mol. The molecule has 1 aliphatic rings. The van der Waals surface area contributed by atoms with E-state index in [1.54, 1.807) is 29.0 Å². The van der Waals surface area contributed by atoms with E-state index in [0.717, 1.165) is 5.69 Å². The van der Waals surface area contributed by atoms with Gasteiger partial charge in [0.2, 0.25) is 5.91 Å². The second-order valence-corrected chi connectivity index (χ2v) is 5.61. The van der Waals surface area contributed by atoms with E-state index in [2.05, 4.69) is 5.32 Å². The Morgan fingerprint density at radius 3 is 2.62 bits per heavy atom.